The molecule has 0 spiro atoms. The van der Waals surface area contributed by atoms with Crippen LogP contribution in [0.25, 0.3) is 11.1 Å². The van der Waals surface area contributed by atoms with E-state index >= 15 is 0 Å². The summed E-state index contributed by atoms with van der Waals surface area (Å²) in [5.41, 5.74) is 2.43. The van der Waals surface area contributed by atoms with E-state index in [1.54, 1.807) is 7.11 Å². The lowest BCUT2D eigenvalue weighted by Gasteiger charge is -2.45. The largest absolute Gasteiger partial charge is 0.497 e. The van der Waals surface area contributed by atoms with Crippen molar-refractivity contribution in [2.75, 3.05) is 26.7 Å². The van der Waals surface area contributed by atoms with Crippen LogP contribution in [0, 0.1) is 5.92 Å². The summed E-state index contributed by atoms with van der Waals surface area (Å²) in [5, 5.41) is 3.31. The third kappa shape index (κ3) is 3.38. The average Bonchev–Trinajstić information content (AvgIpc) is 3.11. The normalized spacial score (nSPS) is 29.8. The van der Waals surface area contributed by atoms with Gasteiger partial charge in [-0.3, -0.25) is 4.79 Å². The van der Waals surface area contributed by atoms with Gasteiger partial charge in [0.05, 0.1) is 7.11 Å². The maximum Gasteiger partial charge on any atom is 0.264 e. The molecule has 3 fully saturated rings. The third-order valence-corrected chi connectivity index (χ3v) is 6.78. The van der Waals surface area contributed by atoms with Gasteiger partial charge >= 0.3 is 0 Å². The Morgan fingerprint density at radius 2 is 1.97 bits per heavy atom. The fourth-order valence-corrected chi connectivity index (χ4v) is 5.02. The lowest BCUT2D eigenvalue weighted by atomic mass is 9.83. The fraction of sp³-hybridized carbons (Fsp3) is 0.458. The number of benzene rings is 2. The van der Waals surface area contributed by atoms with Crippen molar-refractivity contribution in [2.24, 2.45) is 5.92 Å². The van der Waals surface area contributed by atoms with Gasteiger partial charge in [-0.15, -0.1) is 0 Å². The van der Waals surface area contributed by atoms with Crippen molar-refractivity contribution in [2.45, 2.75) is 37.8 Å². The standard InChI is InChI=1S/C24H28N2O3/c1-24(23(27)25-21-15-26-10-8-16(21)9-11-26)14-19-12-18(6-7-22(19)29-24)17-4-3-5-20(13-17)28-2/h3-7,12-13,16,21H,8-11,14-15H2,1-2H3,(H,25,27)/t21-,24?/m0/s1. The molecule has 3 saturated heterocycles. The average molecular weight is 392 g/mol. The molecule has 4 heterocycles. The Kier molecular flexibility index (Phi) is 4.50. The van der Waals surface area contributed by atoms with Gasteiger partial charge in [0.2, 0.25) is 0 Å². The SMILES string of the molecule is COc1cccc(-c2ccc3c(c2)CC(C)(C(=O)N[C@H]2CN4CCC2CC4)O3)c1. The number of nitrogens with one attached hydrogen (secondary N) is 1. The second-order valence-corrected chi connectivity index (χ2v) is 8.78. The molecular weight excluding hydrogens is 364 g/mol. The molecule has 5 heteroatoms. The van der Waals surface area contributed by atoms with Crippen LogP contribution in [0.5, 0.6) is 11.5 Å². The number of hydrogen-bond acceptors (Lipinski definition) is 4. The van der Waals surface area contributed by atoms with Crippen LogP contribution in [0.4, 0.5) is 0 Å². The highest BCUT2D eigenvalue weighted by Gasteiger charge is 2.44. The summed E-state index contributed by atoms with van der Waals surface area (Å²) in [6.45, 7) is 5.22. The fourth-order valence-electron chi connectivity index (χ4n) is 5.02. The smallest absolute Gasteiger partial charge is 0.264 e. The van der Waals surface area contributed by atoms with Gasteiger partial charge in [0.25, 0.3) is 5.91 Å². The van der Waals surface area contributed by atoms with Crippen molar-refractivity contribution in [3.8, 4) is 22.6 Å². The number of amides is 1. The first-order chi connectivity index (χ1) is 14.0. The van der Waals surface area contributed by atoms with Crippen molar-refractivity contribution in [3.63, 3.8) is 0 Å². The number of nitrogens with zero attached hydrogens (tertiary/aromatic N) is 1. The lowest BCUT2D eigenvalue weighted by molar-refractivity contribution is -0.136. The second-order valence-electron chi connectivity index (χ2n) is 8.78. The summed E-state index contributed by atoms with van der Waals surface area (Å²) in [6, 6.07) is 14.4. The van der Waals surface area contributed by atoms with Gasteiger partial charge in [0.1, 0.15) is 11.5 Å². The Hall–Kier alpha value is -2.53. The Labute approximate surface area is 172 Å². The number of fused-ring (bicyclic) bond motifs is 4. The quantitative estimate of drug-likeness (QED) is 0.868. The molecule has 2 atom stereocenters. The zero-order chi connectivity index (χ0) is 20.0. The topological polar surface area (TPSA) is 50.8 Å². The van der Waals surface area contributed by atoms with Gasteiger partial charge in [-0.05, 0) is 79.7 Å². The van der Waals surface area contributed by atoms with E-state index in [-0.39, 0.29) is 11.9 Å². The number of ether oxygens (including phenoxy) is 2. The molecule has 4 aliphatic heterocycles. The molecule has 152 valence electrons. The number of piperidine rings is 3. The minimum absolute atomic E-state index is 0.00961. The molecule has 2 bridgehead atoms. The molecule has 1 N–H and O–H groups in total. The van der Waals surface area contributed by atoms with E-state index in [9.17, 15) is 4.79 Å². The predicted molar refractivity (Wildman–Crippen MR) is 112 cm³/mol. The molecule has 2 aromatic carbocycles. The molecule has 1 amide bonds. The molecule has 2 aromatic rings. The molecule has 0 saturated carbocycles. The van der Waals surface area contributed by atoms with Gasteiger partial charge in [0.15, 0.2) is 5.60 Å². The van der Waals surface area contributed by atoms with E-state index in [2.05, 4.69) is 22.3 Å². The summed E-state index contributed by atoms with van der Waals surface area (Å²) in [5.74, 6) is 2.26. The maximum atomic E-state index is 13.1. The predicted octanol–water partition coefficient (Wildman–Crippen LogP) is 3.27. The Morgan fingerprint density at radius 3 is 2.69 bits per heavy atom. The van der Waals surface area contributed by atoms with Gasteiger partial charge in [-0.25, -0.2) is 0 Å². The summed E-state index contributed by atoms with van der Waals surface area (Å²) in [4.78, 5) is 15.6. The van der Waals surface area contributed by atoms with E-state index in [4.69, 9.17) is 9.47 Å². The number of methoxy groups -OCH3 is 1. The second kappa shape index (κ2) is 7.06. The molecule has 5 nitrogen and oxygen atoms in total. The van der Waals surface area contributed by atoms with Crippen LogP contribution < -0.4 is 14.8 Å². The van der Waals surface area contributed by atoms with Crippen LogP contribution in [0.3, 0.4) is 0 Å². The van der Waals surface area contributed by atoms with Crippen molar-refractivity contribution in [1.82, 2.24) is 10.2 Å². The monoisotopic (exact) mass is 392 g/mol. The van der Waals surface area contributed by atoms with Gasteiger partial charge in [-0.1, -0.05) is 18.2 Å². The number of rotatable bonds is 4. The summed E-state index contributed by atoms with van der Waals surface area (Å²) >= 11 is 0. The zero-order valence-electron chi connectivity index (χ0n) is 17.1. The number of hydrogen-bond donors (Lipinski definition) is 1. The van der Waals surface area contributed by atoms with Crippen molar-refractivity contribution < 1.29 is 14.3 Å². The highest BCUT2D eigenvalue weighted by molar-refractivity contribution is 5.87. The molecule has 0 radical (unpaired) electrons. The van der Waals surface area contributed by atoms with Crippen LogP contribution in [0.2, 0.25) is 0 Å². The molecule has 29 heavy (non-hydrogen) atoms. The Morgan fingerprint density at radius 1 is 1.17 bits per heavy atom. The van der Waals surface area contributed by atoms with Crippen LogP contribution in [-0.2, 0) is 11.2 Å². The van der Waals surface area contributed by atoms with E-state index < -0.39 is 5.60 Å². The zero-order valence-corrected chi connectivity index (χ0v) is 17.1. The number of carbonyl (C=O) groups is 1. The van der Waals surface area contributed by atoms with Crippen LogP contribution >= 0.6 is 0 Å². The molecule has 1 unspecified atom stereocenters. The summed E-state index contributed by atoms with van der Waals surface area (Å²) in [7, 11) is 1.68. The van der Waals surface area contributed by atoms with E-state index in [0.29, 0.717) is 12.3 Å². The van der Waals surface area contributed by atoms with Crippen LogP contribution in [0.15, 0.2) is 42.5 Å². The minimum atomic E-state index is -0.846. The van der Waals surface area contributed by atoms with Crippen LogP contribution in [-0.4, -0.2) is 49.2 Å². The van der Waals surface area contributed by atoms with Gasteiger partial charge in [-0.2, -0.15) is 0 Å². The van der Waals surface area contributed by atoms with Crippen molar-refractivity contribution in [3.05, 3.63) is 48.0 Å². The highest BCUT2D eigenvalue weighted by atomic mass is 16.5. The first kappa shape index (κ1) is 18.5. The lowest BCUT2D eigenvalue weighted by Crippen LogP contribution is -2.61. The number of carbonyl (C=O) groups excluding carboxylic acids is 1. The van der Waals surface area contributed by atoms with Gasteiger partial charge < -0.3 is 19.7 Å². The first-order valence-electron chi connectivity index (χ1n) is 10.5. The van der Waals surface area contributed by atoms with Crippen molar-refractivity contribution in [1.29, 1.82) is 0 Å². The minimum Gasteiger partial charge on any atom is -0.497 e. The molecular formula is C24H28N2O3. The Balaban J connectivity index is 1.32. The molecule has 6 rings (SSSR count). The maximum absolute atomic E-state index is 13.1. The third-order valence-electron chi connectivity index (χ3n) is 6.78. The van der Waals surface area contributed by atoms with E-state index in [0.717, 1.165) is 34.7 Å². The highest BCUT2D eigenvalue weighted by Crippen LogP contribution is 2.38. The molecule has 4 aliphatic rings. The van der Waals surface area contributed by atoms with E-state index in [1.165, 1.54) is 25.9 Å². The summed E-state index contributed by atoms with van der Waals surface area (Å²) in [6.07, 6.45) is 2.96. The van der Waals surface area contributed by atoms with Gasteiger partial charge in [0, 0.05) is 19.0 Å². The molecule has 0 aliphatic carbocycles. The van der Waals surface area contributed by atoms with E-state index in [1.807, 2.05) is 37.3 Å². The van der Waals surface area contributed by atoms with Crippen LogP contribution in [0.1, 0.15) is 25.3 Å². The first-order valence-corrected chi connectivity index (χ1v) is 10.5. The molecule has 0 aromatic heterocycles. The van der Waals surface area contributed by atoms with Crippen molar-refractivity contribution >= 4 is 5.91 Å². The summed E-state index contributed by atoms with van der Waals surface area (Å²) < 4.78 is 11.5. The Bertz CT molecular complexity index is 935.